The number of carbonyl (C=O) groups excluding carboxylic acids is 3. The summed E-state index contributed by atoms with van der Waals surface area (Å²) in [6.07, 6.45) is 2.45. The van der Waals surface area contributed by atoms with Crippen molar-refractivity contribution in [1.29, 1.82) is 0 Å². The van der Waals surface area contributed by atoms with Crippen molar-refractivity contribution in [3.63, 3.8) is 0 Å². The van der Waals surface area contributed by atoms with E-state index >= 15 is 4.39 Å². The first kappa shape index (κ1) is 28.2. The molecule has 0 fully saturated rings. The second kappa shape index (κ2) is 11.5. The molecule has 7 heteroatoms. The molecule has 0 N–H and O–H groups in total. The Hall–Kier alpha value is -4.78. The Morgan fingerprint density at radius 2 is 1.10 bits per heavy atom. The standard InChI is InChI=1S/C33H29FO6/c1-18(2)31(35)38-28-15-13-23(25-8-7-9-26(25)28)21-10-12-24(27(34)16-21)22-11-14-29(39-32(36)19(3)4)30(17-22)40-33(37)20(5)6/h10-17H,1,3,5,7-9H2,2,4,6H3. The van der Waals surface area contributed by atoms with Crippen molar-refractivity contribution in [1.82, 2.24) is 0 Å². The number of rotatable bonds is 8. The summed E-state index contributed by atoms with van der Waals surface area (Å²) in [5, 5.41) is 0. The van der Waals surface area contributed by atoms with Gasteiger partial charge in [-0.2, -0.15) is 0 Å². The van der Waals surface area contributed by atoms with Gasteiger partial charge >= 0.3 is 17.9 Å². The van der Waals surface area contributed by atoms with Gasteiger partial charge in [-0.3, -0.25) is 0 Å². The molecule has 4 rings (SSSR count). The molecule has 0 atom stereocenters. The second-order valence-electron chi connectivity index (χ2n) is 9.79. The van der Waals surface area contributed by atoms with Crippen LogP contribution in [0.4, 0.5) is 4.39 Å². The first-order chi connectivity index (χ1) is 19.0. The van der Waals surface area contributed by atoms with Gasteiger partial charge in [0, 0.05) is 22.3 Å². The van der Waals surface area contributed by atoms with Gasteiger partial charge in [0.15, 0.2) is 11.5 Å². The summed E-state index contributed by atoms with van der Waals surface area (Å²) in [5.74, 6) is -1.94. The highest BCUT2D eigenvalue weighted by Gasteiger charge is 2.23. The Kier molecular flexibility index (Phi) is 8.14. The fourth-order valence-corrected chi connectivity index (χ4v) is 4.36. The van der Waals surface area contributed by atoms with E-state index < -0.39 is 23.7 Å². The molecule has 3 aromatic carbocycles. The third kappa shape index (κ3) is 5.94. The number of hydrogen-bond donors (Lipinski definition) is 0. The molecule has 40 heavy (non-hydrogen) atoms. The Morgan fingerprint density at radius 1 is 0.625 bits per heavy atom. The van der Waals surface area contributed by atoms with Crippen molar-refractivity contribution in [2.45, 2.75) is 40.0 Å². The van der Waals surface area contributed by atoms with Gasteiger partial charge in [0.1, 0.15) is 11.6 Å². The number of carbonyl (C=O) groups is 3. The summed E-state index contributed by atoms with van der Waals surface area (Å²) in [4.78, 5) is 36.4. The van der Waals surface area contributed by atoms with E-state index in [0.717, 1.165) is 36.0 Å². The summed E-state index contributed by atoms with van der Waals surface area (Å²) < 4.78 is 31.8. The normalized spacial score (nSPS) is 11.8. The van der Waals surface area contributed by atoms with Crippen molar-refractivity contribution < 1.29 is 33.0 Å². The molecule has 0 saturated carbocycles. The van der Waals surface area contributed by atoms with Crippen LogP contribution in [0.2, 0.25) is 0 Å². The number of halogens is 1. The molecule has 0 unspecified atom stereocenters. The summed E-state index contributed by atoms with van der Waals surface area (Å²) in [6, 6.07) is 12.9. The van der Waals surface area contributed by atoms with Gasteiger partial charge in [0.05, 0.1) is 0 Å². The highest BCUT2D eigenvalue weighted by molar-refractivity contribution is 5.92. The zero-order chi connectivity index (χ0) is 29.1. The Balaban J connectivity index is 1.70. The summed E-state index contributed by atoms with van der Waals surface area (Å²) in [7, 11) is 0. The van der Waals surface area contributed by atoms with Crippen molar-refractivity contribution >= 4 is 17.9 Å². The lowest BCUT2D eigenvalue weighted by Gasteiger charge is -2.15. The third-order valence-electron chi connectivity index (χ3n) is 6.43. The monoisotopic (exact) mass is 540 g/mol. The van der Waals surface area contributed by atoms with E-state index in [0.29, 0.717) is 22.4 Å². The molecular formula is C33H29FO6. The summed E-state index contributed by atoms with van der Waals surface area (Å²) >= 11 is 0. The molecule has 0 heterocycles. The van der Waals surface area contributed by atoms with E-state index in [1.54, 1.807) is 31.2 Å². The molecule has 0 aliphatic heterocycles. The SMILES string of the molecule is C=C(C)C(=O)Oc1ccc(-c2ccc(-c3ccc(OC(=O)C(=C)C)c4c3CCC4)cc2F)cc1OC(=O)C(=C)C. The average Bonchev–Trinajstić information content (AvgIpc) is 3.40. The lowest BCUT2D eigenvalue weighted by Crippen LogP contribution is -2.12. The van der Waals surface area contributed by atoms with Gasteiger partial charge in [-0.25, -0.2) is 18.8 Å². The van der Waals surface area contributed by atoms with E-state index in [1.807, 2.05) is 6.07 Å². The fraction of sp³-hybridized carbons (Fsp3) is 0.182. The van der Waals surface area contributed by atoms with Crippen molar-refractivity contribution in [3.05, 3.63) is 102 Å². The van der Waals surface area contributed by atoms with E-state index in [9.17, 15) is 14.4 Å². The maximum Gasteiger partial charge on any atom is 0.338 e. The highest BCUT2D eigenvalue weighted by Crippen LogP contribution is 2.40. The van der Waals surface area contributed by atoms with Gasteiger partial charge in [-0.1, -0.05) is 44.0 Å². The van der Waals surface area contributed by atoms with Crippen LogP contribution in [0.15, 0.2) is 85.0 Å². The van der Waals surface area contributed by atoms with Gasteiger partial charge in [-0.05, 0) is 92.1 Å². The van der Waals surface area contributed by atoms with Gasteiger partial charge < -0.3 is 14.2 Å². The van der Waals surface area contributed by atoms with E-state index in [-0.39, 0.29) is 28.2 Å². The predicted octanol–water partition coefficient (Wildman–Crippen LogP) is 7.09. The number of fused-ring (bicyclic) bond motifs is 1. The fourth-order valence-electron chi connectivity index (χ4n) is 4.36. The minimum Gasteiger partial charge on any atom is -0.423 e. The number of hydrogen-bond acceptors (Lipinski definition) is 6. The zero-order valence-electron chi connectivity index (χ0n) is 22.7. The quantitative estimate of drug-likeness (QED) is 0.172. The first-order valence-corrected chi connectivity index (χ1v) is 12.7. The summed E-state index contributed by atoms with van der Waals surface area (Å²) in [5.41, 5.74) is 4.81. The topological polar surface area (TPSA) is 78.9 Å². The van der Waals surface area contributed by atoms with Crippen LogP contribution in [-0.4, -0.2) is 17.9 Å². The molecule has 0 bridgehead atoms. The van der Waals surface area contributed by atoms with Gasteiger partial charge in [-0.15, -0.1) is 0 Å². The number of esters is 3. The molecule has 0 saturated heterocycles. The minimum atomic E-state index is -0.716. The third-order valence-corrected chi connectivity index (χ3v) is 6.43. The maximum atomic E-state index is 15.6. The smallest absolute Gasteiger partial charge is 0.338 e. The molecule has 1 aliphatic carbocycles. The average molecular weight is 541 g/mol. The van der Waals surface area contributed by atoms with Crippen LogP contribution in [0.3, 0.4) is 0 Å². The molecule has 1 aliphatic rings. The lowest BCUT2D eigenvalue weighted by molar-refractivity contribution is -0.132. The van der Waals surface area contributed by atoms with Crippen LogP contribution in [-0.2, 0) is 27.2 Å². The zero-order valence-corrected chi connectivity index (χ0v) is 22.7. The Morgan fingerprint density at radius 3 is 1.70 bits per heavy atom. The second-order valence-corrected chi connectivity index (χ2v) is 9.79. The van der Waals surface area contributed by atoms with Crippen molar-refractivity contribution in [3.8, 4) is 39.5 Å². The van der Waals surface area contributed by atoms with Crippen LogP contribution in [0.1, 0.15) is 38.3 Å². The summed E-state index contributed by atoms with van der Waals surface area (Å²) in [6.45, 7) is 15.3. The maximum absolute atomic E-state index is 15.6. The van der Waals surface area contributed by atoms with Gasteiger partial charge in [0.2, 0.25) is 0 Å². The molecular weight excluding hydrogens is 511 g/mol. The van der Waals surface area contributed by atoms with E-state index in [4.69, 9.17) is 14.2 Å². The molecule has 3 aromatic rings. The van der Waals surface area contributed by atoms with Crippen LogP contribution in [0.25, 0.3) is 22.3 Å². The largest absolute Gasteiger partial charge is 0.423 e. The van der Waals surface area contributed by atoms with Crippen molar-refractivity contribution in [2.75, 3.05) is 0 Å². The number of ether oxygens (including phenoxy) is 3. The van der Waals surface area contributed by atoms with Crippen LogP contribution < -0.4 is 14.2 Å². The first-order valence-electron chi connectivity index (χ1n) is 12.7. The van der Waals surface area contributed by atoms with Crippen LogP contribution in [0.5, 0.6) is 17.2 Å². The lowest BCUT2D eigenvalue weighted by atomic mass is 9.94. The molecule has 0 spiro atoms. The van der Waals surface area contributed by atoms with E-state index in [2.05, 4.69) is 19.7 Å². The molecule has 0 aromatic heterocycles. The van der Waals surface area contributed by atoms with Crippen LogP contribution in [0, 0.1) is 5.82 Å². The van der Waals surface area contributed by atoms with Crippen molar-refractivity contribution in [2.24, 2.45) is 0 Å². The van der Waals surface area contributed by atoms with Gasteiger partial charge in [0.25, 0.3) is 0 Å². The van der Waals surface area contributed by atoms with Crippen LogP contribution >= 0.6 is 0 Å². The Labute approximate surface area is 232 Å². The highest BCUT2D eigenvalue weighted by atomic mass is 19.1. The molecule has 6 nitrogen and oxygen atoms in total. The Bertz CT molecular complexity index is 1600. The number of benzene rings is 3. The minimum absolute atomic E-state index is 0.00798. The molecule has 0 radical (unpaired) electrons. The predicted molar refractivity (Wildman–Crippen MR) is 151 cm³/mol. The van der Waals surface area contributed by atoms with E-state index in [1.165, 1.54) is 32.0 Å². The molecule has 0 amide bonds. The molecule has 204 valence electrons.